The van der Waals surface area contributed by atoms with Crippen LogP contribution < -0.4 is 15.4 Å². The highest BCUT2D eigenvalue weighted by Gasteiger charge is 2.16. The molecule has 0 bridgehead atoms. The lowest BCUT2D eigenvalue weighted by molar-refractivity contribution is -0.143. The first kappa shape index (κ1) is 45.0. The van der Waals surface area contributed by atoms with Gasteiger partial charge in [-0.1, -0.05) is 57.1 Å². The Kier molecular flexibility index (Phi) is 23.3. The number of aliphatic carboxylic acids is 2. The Balaban J connectivity index is 1.55. The monoisotopic (exact) mass is 766 g/mol. The number of carboxylic acid groups (broad SMARTS) is 2. The van der Waals surface area contributed by atoms with Crippen molar-refractivity contribution in [2.24, 2.45) is 0 Å². The van der Waals surface area contributed by atoms with Crippen molar-refractivity contribution in [3.8, 4) is 0 Å². The zero-order chi connectivity index (χ0) is 38.6. The van der Waals surface area contributed by atoms with Crippen molar-refractivity contribution in [2.45, 2.75) is 75.5 Å². The molecule has 1 aromatic heterocycles. The van der Waals surface area contributed by atoms with E-state index in [1.54, 1.807) is 12.1 Å². The van der Waals surface area contributed by atoms with Crippen LogP contribution in [0.1, 0.15) is 80.1 Å². The molecule has 0 saturated carbocycles. The maximum atomic E-state index is 13.0. The second-order valence-electron chi connectivity index (χ2n) is 12.1. The van der Waals surface area contributed by atoms with E-state index in [9.17, 15) is 27.6 Å². The zero-order valence-electron chi connectivity index (χ0n) is 30.2. The first-order valence-corrected chi connectivity index (χ1v) is 19.4. The van der Waals surface area contributed by atoms with Crippen molar-refractivity contribution in [2.75, 3.05) is 70.7 Å². The number of carbonyl (C=O) groups excluding carboxylic acids is 2. The van der Waals surface area contributed by atoms with Gasteiger partial charge in [-0.15, -0.1) is 0 Å². The van der Waals surface area contributed by atoms with Crippen LogP contribution in [0.5, 0.6) is 0 Å². The maximum absolute atomic E-state index is 13.0. The Morgan fingerprint density at radius 1 is 0.660 bits per heavy atom. The summed E-state index contributed by atoms with van der Waals surface area (Å²) >= 11 is 0. The number of sulfonamides is 1. The summed E-state index contributed by atoms with van der Waals surface area (Å²) in [5.74, 6) is -2.43. The molecule has 2 aromatic rings. The summed E-state index contributed by atoms with van der Waals surface area (Å²) in [6.07, 6.45) is 11.6. The molecule has 16 nitrogen and oxygen atoms in total. The first-order valence-electron chi connectivity index (χ1n) is 17.9. The number of carboxylic acids is 2. The lowest BCUT2D eigenvalue weighted by Gasteiger charge is -2.10. The van der Waals surface area contributed by atoms with Crippen molar-refractivity contribution in [1.29, 1.82) is 0 Å². The molecular formula is C36H54N4O12S. The largest absolute Gasteiger partial charge is 0.481 e. The van der Waals surface area contributed by atoms with Crippen LogP contribution in [0.4, 0.5) is 5.82 Å². The molecule has 0 aliphatic carbocycles. The number of amides is 2. The summed E-state index contributed by atoms with van der Waals surface area (Å²) in [7, 11) is -3.89. The average molecular weight is 767 g/mol. The Bertz CT molecular complexity index is 1480. The SMILES string of the molecule is O=C(O)CCCCCCCCCCCc1cccc(S(=O)(=O)Nc2ccc(C(=O)NCCOCCOCC(=O)NCCOCCOCC(=O)O)cn2)c1. The summed E-state index contributed by atoms with van der Waals surface area (Å²) in [6.45, 7) is 1.13. The molecule has 0 saturated heterocycles. The summed E-state index contributed by atoms with van der Waals surface area (Å²) in [6, 6.07) is 9.72. The number of carbonyl (C=O) groups is 4. The first-order chi connectivity index (χ1) is 25.6. The lowest BCUT2D eigenvalue weighted by atomic mass is 10.0. The normalized spacial score (nSPS) is 11.2. The Morgan fingerprint density at radius 2 is 1.26 bits per heavy atom. The third-order valence-corrected chi connectivity index (χ3v) is 8.99. The van der Waals surface area contributed by atoms with Crippen LogP contribution in [0.2, 0.25) is 0 Å². The number of nitrogens with one attached hydrogen (secondary N) is 3. The quantitative estimate of drug-likeness (QED) is 0.0674. The molecule has 0 fully saturated rings. The number of rotatable bonds is 32. The highest BCUT2D eigenvalue weighted by Crippen LogP contribution is 2.18. The van der Waals surface area contributed by atoms with Gasteiger partial charge in [-0.3, -0.25) is 19.1 Å². The van der Waals surface area contributed by atoms with Crippen molar-refractivity contribution in [3.63, 3.8) is 0 Å². The van der Waals surface area contributed by atoms with Crippen LogP contribution in [-0.2, 0) is 49.8 Å². The molecule has 53 heavy (non-hydrogen) atoms. The van der Waals surface area contributed by atoms with Gasteiger partial charge in [-0.05, 0) is 49.1 Å². The molecule has 0 unspecified atom stereocenters. The highest BCUT2D eigenvalue weighted by molar-refractivity contribution is 7.92. The van der Waals surface area contributed by atoms with E-state index in [0.29, 0.717) is 0 Å². The summed E-state index contributed by atoms with van der Waals surface area (Å²) in [5.41, 5.74) is 1.18. The summed E-state index contributed by atoms with van der Waals surface area (Å²) in [4.78, 5) is 49.3. The molecular weight excluding hydrogens is 712 g/mol. The van der Waals surface area contributed by atoms with Crippen LogP contribution in [-0.4, -0.2) is 113 Å². The standard InChI is InChI=1S/C36H54N4O12S/c41-33(37-17-19-49-22-24-52-28-35(44)45)27-51-23-21-50-20-18-38-36(46)30-15-16-32(39-26-30)40-53(47,48)31-13-10-12-29(25-31)11-8-6-4-2-1-3-5-7-9-14-34(42)43/h10,12-13,15-16,25-26H,1-9,11,14,17-24,27-28H2,(H,37,41)(H,38,46)(H,39,40)(H,42,43)(H,44,45). The predicted molar refractivity (Wildman–Crippen MR) is 195 cm³/mol. The maximum Gasteiger partial charge on any atom is 0.329 e. The van der Waals surface area contributed by atoms with Gasteiger partial charge < -0.3 is 39.8 Å². The van der Waals surface area contributed by atoms with E-state index in [0.717, 1.165) is 69.8 Å². The fourth-order valence-corrected chi connectivity index (χ4v) is 5.99. The molecule has 0 radical (unpaired) electrons. The number of anilines is 1. The van der Waals surface area contributed by atoms with E-state index in [2.05, 4.69) is 20.3 Å². The van der Waals surface area contributed by atoms with Crippen LogP contribution in [0.15, 0.2) is 47.5 Å². The van der Waals surface area contributed by atoms with Gasteiger partial charge in [0.05, 0.1) is 50.1 Å². The van der Waals surface area contributed by atoms with Crippen molar-refractivity contribution in [1.82, 2.24) is 15.6 Å². The number of pyridine rings is 1. The molecule has 1 aromatic carbocycles. The molecule has 1 heterocycles. The minimum atomic E-state index is -3.89. The number of nitrogens with zero attached hydrogens (tertiary/aromatic N) is 1. The van der Waals surface area contributed by atoms with E-state index >= 15 is 0 Å². The van der Waals surface area contributed by atoms with E-state index in [1.165, 1.54) is 24.4 Å². The van der Waals surface area contributed by atoms with Gasteiger partial charge in [0.2, 0.25) is 5.91 Å². The molecule has 0 aliphatic rings. The minimum absolute atomic E-state index is 0.0826. The third kappa shape index (κ3) is 22.5. The van der Waals surface area contributed by atoms with Crippen LogP contribution in [0.25, 0.3) is 0 Å². The number of aryl methyl sites for hydroxylation is 1. The smallest absolute Gasteiger partial charge is 0.329 e. The van der Waals surface area contributed by atoms with Gasteiger partial charge >= 0.3 is 11.9 Å². The number of unbranched alkanes of at least 4 members (excludes halogenated alkanes) is 8. The molecule has 0 spiro atoms. The number of ether oxygens (including phenoxy) is 4. The molecule has 0 aliphatic heterocycles. The van der Waals surface area contributed by atoms with E-state index in [-0.39, 0.29) is 94.5 Å². The fraction of sp³-hybridized carbons (Fsp3) is 0.583. The van der Waals surface area contributed by atoms with Gasteiger partial charge in [-0.25, -0.2) is 18.2 Å². The third-order valence-electron chi connectivity index (χ3n) is 7.63. The van der Waals surface area contributed by atoms with Crippen LogP contribution >= 0.6 is 0 Å². The second kappa shape index (κ2) is 27.4. The topological polar surface area (TPSA) is 229 Å². The minimum Gasteiger partial charge on any atom is -0.481 e. The van der Waals surface area contributed by atoms with Crippen molar-refractivity contribution < 1.29 is 56.8 Å². The lowest BCUT2D eigenvalue weighted by Crippen LogP contribution is -2.31. The molecule has 2 rings (SSSR count). The Labute approximate surface area is 311 Å². The van der Waals surface area contributed by atoms with E-state index in [1.807, 2.05) is 6.07 Å². The van der Waals surface area contributed by atoms with E-state index in [4.69, 9.17) is 29.2 Å². The number of hydrogen-bond acceptors (Lipinski definition) is 11. The van der Waals surface area contributed by atoms with Crippen molar-refractivity contribution >= 4 is 39.6 Å². The second-order valence-corrected chi connectivity index (χ2v) is 13.8. The number of aromatic nitrogens is 1. The number of benzene rings is 1. The summed E-state index contributed by atoms with van der Waals surface area (Å²) in [5, 5.41) is 22.4. The molecule has 2 amide bonds. The highest BCUT2D eigenvalue weighted by atomic mass is 32.2. The zero-order valence-corrected chi connectivity index (χ0v) is 31.0. The Morgan fingerprint density at radius 3 is 1.89 bits per heavy atom. The predicted octanol–water partition coefficient (Wildman–Crippen LogP) is 3.41. The van der Waals surface area contributed by atoms with Crippen molar-refractivity contribution in [3.05, 3.63) is 53.7 Å². The molecule has 17 heteroatoms. The van der Waals surface area contributed by atoms with Gasteiger partial charge in [0.1, 0.15) is 19.0 Å². The van der Waals surface area contributed by atoms with Gasteiger partial charge in [0, 0.05) is 25.7 Å². The van der Waals surface area contributed by atoms with Gasteiger partial charge in [-0.2, -0.15) is 0 Å². The average Bonchev–Trinajstić information content (AvgIpc) is 3.12. The van der Waals surface area contributed by atoms with Gasteiger partial charge in [0.25, 0.3) is 15.9 Å². The Hall–Kier alpha value is -4.16. The number of hydrogen-bond donors (Lipinski definition) is 5. The fourth-order valence-electron chi connectivity index (χ4n) is 4.91. The summed E-state index contributed by atoms with van der Waals surface area (Å²) < 4.78 is 49.2. The van der Waals surface area contributed by atoms with Crippen LogP contribution in [0, 0.1) is 0 Å². The van der Waals surface area contributed by atoms with Gasteiger partial charge in [0.15, 0.2) is 0 Å². The molecule has 0 atom stereocenters. The molecule has 296 valence electrons. The van der Waals surface area contributed by atoms with Crippen LogP contribution in [0.3, 0.4) is 0 Å². The molecule has 5 N–H and O–H groups in total. The van der Waals surface area contributed by atoms with E-state index < -0.39 is 27.9 Å².